The molecule has 0 bridgehead atoms. The average molecular weight is 308 g/mol. The molecule has 2 rings (SSSR count). The summed E-state index contributed by atoms with van der Waals surface area (Å²) in [5.74, 6) is -2.13. The van der Waals surface area contributed by atoms with Crippen LogP contribution in [0.15, 0.2) is 42.5 Å². The molecule has 21 heavy (non-hydrogen) atoms. The van der Waals surface area contributed by atoms with Crippen LogP contribution in [0.5, 0.6) is 0 Å². The van der Waals surface area contributed by atoms with Crippen LogP contribution in [-0.4, -0.2) is 17.0 Å². The second kappa shape index (κ2) is 6.37. The van der Waals surface area contributed by atoms with Gasteiger partial charge in [0.1, 0.15) is 5.82 Å². The molecule has 0 saturated carbocycles. The Morgan fingerprint density at radius 1 is 1.19 bits per heavy atom. The van der Waals surface area contributed by atoms with E-state index in [0.717, 1.165) is 0 Å². The van der Waals surface area contributed by atoms with Crippen LogP contribution in [0.25, 0.3) is 0 Å². The molecule has 2 N–H and O–H groups in total. The normalized spacial score (nSPS) is 10.2. The number of hydrogen-bond donors (Lipinski definition) is 2. The molecule has 2 aromatic rings. The highest BCUT2D eigenvalue weighted by molar-refractivity contribution is 6.31. The Balaban J connectivity index is 2.12. The number of carboxylic acid groups (broad SMARTS) is 1. The van der Waals surface area contributed by atoms with E-state index in [1.807, 2.05) is 0 Å². The van der Waals surface area contributed by atoms with Gasteiger partial charge in [0, 0.05) is 16.3 Å². The molecular weight excluding hydrogens is 297 g/mol. The molecular formula is C15H11ClFNO3. The van der Waals surface area contributed by atoms with Crippen molar-refractivity contribution in [2.75, 3.05) is 5.32 Å². The minimum atomic E-state index is -1.09. The van der Waals surface area contributed by atoms with Gasteiger partial charge in [-0.3, -0.25) is 4.79 Å². The van der Waals surface area contributed by atoms with Gasteiger partial charge in [0.2, 0.25) is 5.91 Å². The van der Waals surface area contributed by atoms with Gasteiger partial charge in [-0.2, -0.15) is 0 Å². The average Bonchev–Trinajstić information content (AvgIpc) is 2.43. The Labute approximate surface area is 125 Å². The van der Waals surface area contributed by atoms with Gasteiger partial charge in [0.05, 0.1) is 12.0 Å². The van der Waals surface area contributed by atoms with E-state index in [-0.39, 0.29) is 22.6 Å². The lowest BCUT2D eigenvalue weighted by atomic mass is 10.1. The van der Waals surface area contributed by atoms with Crippen LogP contribution in [0.3, 0.4) is 0 Å². The first-order chi connectivity index (χ1) is 9.97. The van der Waals surface area contributed by atoms with Crippen LogP contribution in [0.2, 0.25) is 5.02 Å². The van der Waals surface area contributed by atoms with E-state index < -0.39 is 17.7 Å². The molecule has 0 aliphatic rings. The number of anilines is 1. The van der Waals surface area contributed by atoms with Crippen molar-refractivity contribution in [2.45, 2.75) is 6.42 Å². The van der Waals surface area contributed by atoms with Gasteiger partial charge >= 0.3 is 5.97 Å². The van der Waals surface area contributed by atoms with Gasteiger partial charge in [0.25, 0.3) is 0 Å². The largest absolute Gasteiger partial charge is 0.478 e. The van der Waals surface area contributed by atoms with Gasteiger partial charge in [-0.25, -0.2) is 9.18 Å². The topological polar surface area (TPSA) is 66.4 Å². The standard InChI is InChI=1S/C15H11ClFNO3/c16-12-5-2-6-13(17)11(12)8-14(19)18-10-4-1-3-9(7-10)15(20)21/h1-7H,8H2,(H,18,19)(H,20,21). The maximum atomic E-state index is 13.6. The van der Waals surface area contributed by atoms with Crippen molar-refractivity contribution in [1.29, 1.82) is 0 Å². The predicted octanol–water partition coefficient (Wildman–Crippen LogP) is 3.36. The maximum Gasteiger partial charge on any atom is 0.335 e. The molecule has 0 spiro atoms. The van der Waals surface area contributed by atoms with Crippen molar-refractivity contribution >= 4 is 29.2 Å². The Hall–Kier alpha value is -2.40. The molecule has 1 amide bonds. The van der Waals surface area contributed by atoms with E-state index in [1.165, 1.54) is 36.4 Å². The molecule has 0 aliphatic carbocycles. The number of carboxylic acids is 1. The first-order valence-corrected chi connectivity index (χ1v) is 6.41. The summed E-state index contributed by atoms with van der Waals surface area (Å²) >= 11 is 5.85. The fourth-order valence-electron chi connectivity index (χ4n) is 1.80. The number of amides is 1. The van der Waals surface area contributed by atoms with Crippen molar-refractivity contribution in [2.24, 2.45) is 0 Å². The third kappa shape index (κ3) is 3.79. The van der Waals surface area contributed by atoms with Crippen LogP contribution >= 0.6 is 11.6 Å². The van der Waals surface area contributed by atoms with Crippen molar-refractivity contribution in [3.63, 3.8) is 0 Å². The van der Waals surface area contributed by atoms with Gasteiger partial charge in [0.15, 0.2) is 0 Å². The van der Waals surface area contributed by atoms with Crippen molar-refractivity contribution in [3.05, 3.63) is 64.4 Å². The van der Waals surface area contributed by atoms with Gasteiger partial charge in [-0.15, -0.1) is 0 Å². The molecule has 0 aliphatic heterocycles. The number of halogens is 2. The van der Waals surface area contributed by atoms with E-state index in [1.54, 1.807) is 6.07 Å². The number of carbonyl (C=O) groups is 2. The Morgan fingerprint density at radius 2 is 1.90 bits per heavy atom. The second-order valence-corrected chi connectivity index (χ2v) is 4.72. The third-order valence-corrected chi connectivity index (χ3v) is 3.15. The molecule has 0 aromatic heterocycles. The Bertz CT molecular complexity index is 683. The van der Waals surface area contributed by atoms with Gasteiger partial charge in [-0.05, 0) is 30.3 Å². The van der Waals surface area contributed by atoms with Crippen LogP contribution in [0.4, 0.5) is 10.1 Å². The van der Waals surface area contributed by atoms with Crippen LogP contribution in [-0.2, 0) is 11.2 Å². The highest BCUT2D eigenvalue weighted by Gasteiger charge is 2.12. The molecule has 0 unspecified atom stereocenters. The third-order valence-electron chi connectivity index (χ3n) is 2.79. The molecule has 0 heterocycles. The Kier molecular flexibility index (Phi) is 4.55. The monoisotopic (exact) mass is 307 g/mol. The summed E-state index contributed by atoms with van der Waals surface area (Å²) in [4.78, 5) is 22.7. The van der Waals surface area contributed by atoms with E-state index in [4.69, 9.17) is 16.7 Å². The summed E-state index contributed by atoms with van der Waals surface area (Å²) < 4.78 is 13.6. The summed E-state index contributed by atoms with van der Waals surface area (Å²) in [6.07, 6.45) is -0.233. The fourth-order valence-corrected chi connectivity index (χ4v) is 2.03. The first-order valence-electron chi connectivity index (χ1n) is 6.03. The minimum absolute atomic E-state index is 0.0525. The molecule has 4 nitrogen and oxygen atoms in total. The second-order valence-electron chi connectivity index (χ2n) is 4.31. The summed E-state index contributed by atoms with van der Waals surface area (Å²) in [5, 5.41) is 11.6. The van der Waals surface area contributed by atoms with Crippen LogP contribution in [0, 0.1) is 5.82 Å². The first kappa shape index (κ1) is 15.0. The number of hydrogen-bond acceptors (Lipinski definition) is 2. The zero-order valence-corrected chi connectivity index (χ0v) is 11.5. The molecule has 0 radical (unpaired) electrons. The summed E-state index contributed by atoms with van der Waals surface area (Å²) in [7, 11) is 0. The maximum absolute atomic E-state index is 13.6. The molecule has 0 atom stereocenters. The van der Waals surface area contributed by atoms with Crippen LogP contribution < -0.4 is 5.32 Å². The highest BCUT2D eigenvalue weighted by Crippen LogP contribution is 2.20. The van der Waals surface area contributed by atoms with E-state index in [2.05, 4.69) is 5.32 Å². The van der Waals surface area contributed by atoms with E-state index in [0.29, 0.717) is 5.69 Å². The number of benzene rings is 2. The van der Waals surface area contributed by atoms with Gasteiger partial charge < -0.3 is 10.4 Å². The smallest absolute Gasteiger partial charge is 0.335 e. The Morgan fingerprint density at radius 3 is 2.57 bits per heavy atom. The zero-order chi connectivity index (χ0) is 15.4. The summed E-state index contributed by atoms with van der Waals surface area (Å²) in [5.41, 5.74) is 0.482. The van der Waals surface area contributed by atoms with Gasteiger partial charge in [-0.1, -0.05) is 23.7 Å². The van der Waals surface area contributed by atoms with E-state index >= 15 is 0 Å². The lowest BCUT2D eigenvalue weighted by Crippen LogP contribution is -2.15. The lowest BCUT2D eigenvalue weighted by molar-refractivity contribution is -0.115. The quantitative estimate of drug-likeness (QED) is 0.910. The molecule has 0 fully saturated rings. The fraction of sp³-hybridized carbons (Fsp3) is 0.0667. The summed E-state index contributed by atoms with van der Waals surface area (Å²) in [6, 6.07) is 9.96. The lowest BCUT2D eigenvalue weighted by Gasteiger charge is -2.08. The number of aromatic carboxylic acids is 1. The summed E-state index contributed by atoms with van der Waals surface area (Å²) in [6.45, 7) is 0. The number of carbonyl (C=O) groups excluding carboxylic acids is 1. The van der Waals surface area contributed by atoms with Crippen molar-refractivity contribution in [3.8, 4) is 0 Å². The minimum Gasteiger partial charge on any atom is -0.478 e. The molecule has 6 heteroatoms. The predicted molar refractivity (Wildman–Crippen MR) is 77.1 cm³/mol. The SMILES string of the molecule is O=C(Cc1c(F)cccc1Cl)Nc1cccc(C(=O)O)c1. The molecule has 0 saturated heterocycles. The van der Waals surface area contributed by atoms with E-state index in [9.17, 15) is 14.0 Å². The van der Waals surface area contributed by atoms with Crippen molar-refractivity contribution < 1.29 is 19.1 Å². The zero-order valence-electron chi connectivity index (χ0n) is 10.8. The number of nitrogens with one attached hydrogen (secondary N) is 1. The van der Waals surface area contributed by atoms with Crippen LogP contribution in [0.1, 0.15) is 15.9 Å². The van der Waals surface area contributed by atoms with Crippen molar-refractivity contribution in [1.82, 2.24) is 0 Å². The molecule has 2 aromatic carbocycles. The number of rotatable bonds is 4. The highest BCUT2D eigenvalue weighted by atomic mass is 35.5. The molecule has 108 valence electrons.